The van der Waals surface area contributed by atoms with Crippen molar-refractivity contribution in [2.24, 2.45) is 0 Å². The molecule has 2 aliphatic rings. The maximum Gasteiger partial charge on any atom is 0.129 e. The van der Waals surface area contributed by atoms with E-state index in [9.17, 15) is 8.78 Å². The van der Waals surface area contributed by atoms with Crippen molar-refractivity contribution in [3.8, 4) is 0 Å². The van der Waals surface area contributed by atoms with Crippen molar-refractivity contribution >= 4 is 51.7 Å². The van der Waals surface area contributed by atoms with Gasteiger partial charge in [0.25, 0.3) is 0 Å². The Morgan fingerprint density at radius 3 is 2.51 bits per heavy atom. The van der Waals surface area contributed by atoms with E-state index in [0.717, 1.165) is 47.5 Å². The van der Waals surface area contributed by atoms with Crippen LogP contribution < -0.4 is 19.8 Å². The van der Waals surface area contributed by atoms with Crippen molar-refractivity contribution in [1.82, 2.24) is 15.3 Å². The molecule has 0 atom stereocenters. The summed E-state index contributed by atoms with van der Waals surface area (Å²) in [6.45, 7) is 9.49. The molecule has 234 valence electrons. The largest absolute Gasteiger partial charge is 0.374 e. The van der Waals surface area contributed by atoms with E-state index >= 15 is 0 Å². The van der Waals surface area contributed by atoms with E-state index in [1.54, 1.807) is 13.2 Å². The minimum Gasteiger partial charge on any atom is -0.374 e. The molecule has 2 aromatic heterocycles. The number of rotatable bonds is 10. The van der Waals surface area contributed by atoms with E-state index in [2.05, 4.69) is 54.6 Å². The molecule has 0 spiro atoms. The molecule has 0 saturated carbocycles. The number of hydrogen-bond donors (Lipinski definition) is 4. The molecular weight excluding hydrogens is 588 g/mol. The number of pyridine rings is 1. The molecule has 2 aliphatic heterocycles. The lowest BCUT2D eigenvalue weighted by atomic mass is 10.0. The van der Waals surface area contributed by atoms with E-state index in [1.165, 1.54) is 61.5 Å². The molecule has 10 heteroatoms. The Morgan fingerprint density at radius 2 is 1.84 bits per heavy atom. The molecule has 4 heterocycles. The van der Waals surface area contributed by atoms with Crippen LogP contribution in [0.4, 0.5) is 25.8 Å². The molecule has 7 nitrogen and oxygen atoms in total. The summed E-state index contributed by atoms with van der Waals surface area (Å²) in [7, 11) is 1.79. The predicted octanol–water partition coefficient (Wildman–Crippen LogP) is 7.79. The molecular formula is C35H39F2N7S. The number of hydrogen-bond acceptors (Lipinski definition) is 7. The van der Waals surface area contributed by atoms with Crippen LogP contribution in [-0.4, -0.2) is 48.6 Å². The quantitative estimate of drug-likeness (QED) is 0.0816. The number of benzene rings is 2. The zero-order valence-electron chi connectivity index (χ0n) is 25.8. The number of nitrogens with one attached hydrogen (secondary N) is 4. The van der Waals surface area contributed by atoms with Gasteiger partial charge in [-0.25, -0.2) is 8.78 Å². The number of allylic oxidation sites excluding steroid dienone is 2. The Balaban J connectivity index is 1.28. The van der Waals surface area contributed by atoms with Gasteiger partial charge in [0, 0.05) is 84.1 Å². The second-order valence-electron chi connectivity index (χ2n) is 11.6. The SMILES string of the molecule is C=C(/C(C=N)=C(\NC)Nc1cnc(Cc2c(F)cccc2F)cc1C)c1cc2cc(N3CCCCC3)c(N3CCCS3)cc2[nH]1. The summed E-state index contributed by atoms with van der Waals surface area (Å²) in [5, 5.41) is 16.0. The molecule has 4 N–H and O–H groups in total. The summed E-state index contributed by atoms with van der Waals surface area (Å²) in [4.78, 5) is 10.6. The molecule has 0 unspecified atom stereocenters. The zero-order valence-corrected chi connectivity index (χ0v) is 26.6. The van der Waals surface area contributed by atoms with Crippen molar-refractivity contribution in [3.05, 3.63) is 101 Å². The summed E-state index contributed by atoms with van der Waals surface area (Å²) in [5.41, 5.74) is 7.80. The monoisotopic (exact) mass is 627 g/mol. The second-order valence-corrected chi connectivity index (χ2v) is 12.7. The summed E-state index contributed by atoms with van der Waals surface area (Å²) in [5.74, 6) is 0.558. The third-order valence-electron chi connectivity index (χ3n) is 8.59. The molecule has 2 aromatic carbocycles. The standard InChI is InChI=1S/C35H39F2N7S/c1-22-15-25(18-26-28(36)9-7-10-29(26)37)40-21-32(22)42-35(39-3)27(20-38)23(2)30-16-24-17-33(43-11-5-4-6-12-43)34(19-31(24)41-30)44-13-8-14-45-44/h7,9-10,15-17,19-21,38-39,41-42H,2,4-6,8,11-14,18H2,1,3H3/b35-27+,38-20?. The lowest BCUT2D eigenvalue weighted by molar-refractivity contribution is 0.560. The highest BCUT2D eigenvalue weighted by atomic mass is 32.2. The van der Waals surface area contributed by atoms with Crippen LogP contribution in [0.15, 0.2) is 66.6 Å². The summed E-state index contributed by atoms with van der Waals surface area (Å²) < 4.78 is 30.8. The first kappa shape index (κ1) is 30.7. The van der Waals surface area contributed by atoms with Crippen LogP contribution in [0.1, 0.15) is 48.2 Å². The highest BCUT2D eigenvalue weighted by Gasteiger charge is 2.23. The van der Waals surface area contributed by atoms with Gasteiger partial charge >= 0.3 is 0 Å². The van der Waals surface area contributed by atoms with Crippen molar-refractivity contribution in [2.75, 3.05) is 47.0 Å². The fourth-order valence-electron chi connectivity index (χ4n) is 6.12. The van der Waals surface area contributed by atoms with Crippen LogP contribution in [0, 0.1) is 24.0 Å². The van der Waals surface area contributed by atoms with Crippen LogP contribution in [0.5, 0.6) is 0 Å². The van der Waals surface area contributed by atoms with Gasteiger partial charge in [-0.2, -0.15) is 0 Å². The molecule has 4 aromatic rings. The first-order valence-electron chi connectivity index (χ1n) is 15.5. The Labute approximate surface area is 267 Å². The van der Waals surface area contributed by atoms with Gasteiger partial charge in [-0.15, -0.1) is 0 Å². The number of piperidine rings is 1. The minimum absolute atomic E-state index is 0.00370. The molecule has 2 saturated heterocycles. The number of nitrogens with zero attached hydrogens (tertiary/aromatic N) is 3. The Morgan fingerprint density at radius 1 is 1.07 bits per heavy atom. The lowest BCUT2D eigenvalue weighted by Gasteiger charge is -2.32. The van der Waals surface area contributed by atoms with Gasteiger partial charge in [0.2, 0.25) is 0 Å². The Bertz CT molecular complexity index is 1750. The van der Waals surface area contributed by atoms with Crippen molar-refractivity contribution < 1.29 is 8.78 Å². The highest BCUT2D eigenvalue weighted by molar-refractivity contribution is 8.00. The van der Waals surface area contributed by atoms with Crippen LogP contribution in [0.3, 0.4) is 0 Å². The molecule has 6 rings (SSSR count). The molecule has 0 bridgehead atoms. The first-order valence-corrected chi connectivity index (χ1v) is 16.4. The first-order chi connectivity index (χ1) is 21.9. The van der Waals surface area contributed by atoms with E-state index < -0.39 is 11.6 Å². The van der Waals surface area contributed by atoms with E-state index in [4.69, 9.17) is 5.41 Å². The van der Waals surface area contributed by atoms with Crippen LogP contribution in [0.2, 0.25) is 0 Å². The number of aromatic nitrogens is 2. The third-order valence-corrected chi connectivity index (χ3v) is 9.76. The van der Waals surface area contributed by atoms with Gasteiger partial charge in [-0.3, -0.25) is 4.98 Å². The maximum absolute atomic E-state index is 14.2. The zero-order chi connectivity index (χ0) is 31.5. The van der Waals surface area contributed by atoms with Gasteiger partial charge in [0.05, 0.1) is 23.3 Å². The maximum atomic E-state index is 14.2. The van der Waals surface area contributed by atoms with Crippen molar-refractivity contribution in [1.29, 1.82) is 5.41 Å². The van der Waals surface area contributed by atoms with E-state index in [-0.39, 0.29) is 12.0 Å². The van der Waals surface area contributed by atoms with Gasteiger partial charge in [0.15, 0.2) is 0 Å². The fraction of sp³-hybridized carbons (Fsp3) is 0.314. The number of halogens is 2. The fourth-order valence-corrected chi connectivity index (χ4v) is 7.15. The Hall–Kier alpha value is -4.31. The molecule has 0 radical (unpaired) electrons. The van der Waals surface area contributed by atoms with Crippen LogP contribution in [0.25, 0.3) is 16.5 Å². The normalized spacial score (nSPS) is 15.7. The van der Waals surface area contributed by atoms with E-state index in [1.807, 2.05) is 24.9 Å². The second kappa shape index (κ2) is 13.4. The highest BCUT2D eigenvalue weighted by Crippen LogP contribution is 2.41. The number of aromatic amines is 1. The average molecular weight is 628 g/mol. The van der Waals surface area contributed by atoms with Gasteiger partial charge in [-0.1, -0.05) is 12.6 Å². The predicted molar refractivity (Wildman–Crippen MR) is 184 cm³/mol. The van der Waals surface area contributed by atoms with Crippen molar-refractivity contribution in [3.63, 3.8) is 0 Å². The van der Waals surface area contributed by atoms with Crippen LogP contribution in [-0.2, 0) is 6.42 Å². The topological polar surface area (TPSA) is 83.1 Å². The van der Waals surface area contributed by atoms with Gasteiger partial charge in [0.1, 0.15) is 17.5 Å². The van der Waals surface area contributed by atoms with E-state index in [0.29, 0.717) is 28.3 Å². The van der Waals surface area contributed by atoms with Gasteiger partial charge in [-0.05, 0) is 86.5 Å². The summed E-state index contributed by atoms with van der Waals surface area (Å²) in [6.07, 6.45) is 7.89. The number of aryl methyl sites for hydroxylation is 1. The van der Waals surface area contributed by atoms with Gasteiger partial charge < -0.3 is 30.2 Å². The number of H-pyrrole nitrogens is 1. The third kappa shape index (κ3) is 6.42. The minimum atomic E-state index is -0.586. The Kier molecular flexibility index (Phi) is 9.11. The lowest BCUT2D eigenvalue weighted by Crippen LogP contribution is -2.30. The smallest absolute Gasteiger partial charge is 0.129 e. The number of fused-ring (bicyclic) bond motifs is 1. The average Bonchev–Trinajstić information content (AvgIpc) is 3.74. The molecule has 2 fully saturated rings. The number of anilines is 3. The summed E-state index contributed by atoms with van der Waals surface area (Å²) >= 11 is 1.90. The summed E-state index contributed by atoms with van der Waals surface area (Å²) in [6, 6.07) is 12.4. The molecule has 0 amide bonds. The molecule has 0 aliphatic carbocycles. The van der Waals surface area contributed by atoms with Crippen LogP contribution >= 0.6 is 11.9 Å². The van der Waals surface area contributed by atoms with Crippen molar-refractivity contribution in [2.45, 2.75) is 39.0 Å². The molecule has 45 heavy (non-hydrogen) atoms.